The van der Waals surface area contributed by atoms with E-state index in [9.17, 15) is 4.39 Å². The molecule has 4 heteroatoms. The summed E-state index contributed by atoms with van der Waals surface area (Å²) >= 11 is 0. The van der Waals surface area contributed by atoms with Gasteiger partial charge in [-0.3, -0.25) is 0 Å². The van der Waals surface area contributed by atoms with Crippen molar-refractivity contribution in [3.05, 3.63) is 29.6 Å². The molecule has 1 aromatic rings. The molecule has 0 fully saturated rings. The highest BCUT2D eigenvalue weighted by Gasteiger charge is 2.08. The highest BCUT2D eigenvalue weighted by Crippen LogP contribution is 2.20. The Morgan fingerprint density at radius 3 is 2.68 bits per heavy atom. The summed E-state index contributed by atoms with van der Waals surface area (Å²) in [5.74, 6) is 1.04. The molecule has 0 amide bonds. The first-order valence-corrected chi connectivity index (χ1v) is 6.75. The lowest BCUT2D eigenvalue weighted by molar-refractivity contribution is 0.173. The Labute approximate surface area is 114 Å². The molecule has 0 saturated carbocycles. The number of benzene rings is 1. The second kappa shape index (κ2) is 8.12. The molecular formula is C15H24FNO2. The lowest BCUT2D eigenvalue weighted by Crippen LogP contribution is -2.20. The van der Waals surface area contributed by atoms with Gasteiger partial charge in [-0.15, -0.1) is 0 Å². The van der Waals surface area contributed by atoms with E-state index in [0.717, 1.165) is 12.1 Å². The largest absolute Gasteiger partial charge is 0.493 e. The standard InChI is InChI=1S/C15H24FNO2/c1-11(2)7-17-8-13-6-14(16)4-5-15(13)19-10-12(3)9-18/h4-6,11-12,17-18H,7-10H2,1-3H3. The van der Waals surface area contributed by atoms with Gasteiger partial charge >= 0.3 is 0 Å². The van der Waals surface area contributed by atoms with Crippen LogP contribution >= 0.6 is 0 Å². The molecule has 1 rings (SSSR count). The van der Waals surface area contributed by atoms with E-state index in [1.165, 1.54) is 12.1 Å². The third-order valence-electron chi connectivity index (χ3n) is 2.73. The highest BCUT2D eigenvalue weighted by molar-refractivity contribution is 5.33. The Hall–Kier alpha value is -1.13. The fourth-order valence-electron chi connectivity index (χ4n) is 1.61. The van der Waals surface area contributed by atoms with Gasteiger partial charge in [-0.25, -0.2) is 4.39 Å². The van der Waals surface area contributed by atoms with Gasteiger partial charge in [0.1, 0.15) is 11.6 Å². The maximum Gasteiger partial charge on any atom is 0.123 e. The molecule has 0 saturated heterocycles. The Kier molecular flexibility index (Phi) is 6.81. The zero-order chi connectivity index (χ0) is 14.3. The summed E-state index contributed by atoms with van der Waals surface area (Å²) in [6.45, 7) is 8.13. The zero-order valence-electron chi connectivity index (χ0n) is 11.9. The first-order valence-electron chi connectivity index (χ1n) is 6.75. The molecule has 3 nitrogen and oxygen atoms in total. The lowest BCUT2D eigenvalue weighted by atomic mass is 10.1. The summed E-state index contributed by atoms with van der Waals surface area (Å²) in [5, 5.41) is 12.3. The molecule has 1 aromatic carbocycles. The van der Waals surface area contributed by atoms with Gasteiger partial charge in [0.2, 0.25) is 0 Å². The van der Waals surface area contributed by atoms with Gasteiger partial charge in [0.25, 0.3) is 0 Å². The molecule has 0 aliphatic rings. The van der Waals surface area contributed by atoms with Crippen molar-refractivity contribution in [1.29, 1.82) is 0 Å². The Bertz CT molecular complexity index is 382. The van der Waals surface area contributed by atoms with Crippen molar-refractivity contribution < 1.29 is 14.2 Å². The SMILES string of the molecule is CC(C)CNCc1cc(F)ccc1OCC(C)CO. The minimum atomic E-state index is -0.260. The van der Waals surface area contributed by atoms with Crippen LogP contribution in [0.1, 0.15) is 26.3 Å². The molecule has 1 atom stereocenters. The summed E-state index contributed by atoms with van der Waals surface area (Å²) in [4.78, 5) is 0. The third-order valence-corrected chi connectivity index (χ3v) is 2.73. The van der Waals surface area contributed by atoms with E-state index < -0.39 is 0 Å². The van der Waals surface area contributed by atoms with Crippen molar-refractivity contribution in [2.24, 2.45) is 11.8 Å². The molecule has 0 bridgehead atoms. The Morgan fingerprint density at radius 2 is 2.05 bits per heavy atom. The molecule has 0 heterocycles. The number of aliphatic hydroxyl groups excluding tert-OH is 1. The first-order chi connectivity index (χ1) is 9.02. The van der Waals surface area contributed by atoms with Crippen molar-refractivity contribution in [2.45, 2.75) is 27.3 Å². The average Bonchev–Trinajstić information content (AvgIpc) is 2.37. The fourth-order valence-corrected chi connectivity index (χ4v) is 1.61. The van der Waals surface area contributed by atoms with Crippen LogP contribution in [0, 0.1) is 17.7 Å². The van der Waals surface area contributed by atoms with Crippen LogP contribution in [0.25, 0.3) is 0 Å². The molecule has 2 N–H and O–H groups in total. The van der Waals surface area contributed by atoms with E-state index in [0.29, 0.717) is 24.8 Å². The minimum absolute atomic E-state index is 0.0709. The summed E-state index contributed by atoms with van der Waals surface area (Å²) in [7, 11) is 0. The number of halogens is 1. The fraction of sp³-hybridized carbons (Fsp3) is 0.600. The van der Waals surface area contributed by atoms with Gasteiger partial charge in [0.15, 0.2) is 0 Å². The van der Waals surface area contributed by atoms with Crippen molar-refractivity contribution in [3.63, 3.8) is 0 Å². The van der Waals surface area contributed by atoms with E-state index in [1.807, 2.05) is 6.92 Å². The van der Waals surface area contributed by atoms with Crippen LogP contribution in [0.15, 0.2) is 18.2 Å². The number of aliphatic hydroxyl groups is 1. The van der Waals surface area contributed by atoms with Gasteiger partial charge in [0, 0.05) is 24.6 Å². The van der Waals surface area contributed by atoms with Gasteiger partial charge in [-0.1, -0.05) is 20.8 Å². The quantitative estimate of drug-likeness (QED) is 0.762. The topological polar surface area (TPSA) is 41.5 Å². The Balaban J connectivity index is 2.63. The molecule has 19 heavy (non-hydrogen) atoms. The van der Waals surface area contributed by atoms with Crippen molar-refractivity contribution >= 4 is 0 Å². The Morgan fingerprint density at radius 1 is 1.32 bits per heavy atom. The van der Waals surface area contributed by atoms with Gasteiger partial charge in [0.05, 0.1) is 6.61 Å². The van der Waals surface area contributed by atoms with E-state index in [1.54, 1.807) is 6.07 Å². The van der Waals surface area contributed by atoms with Crippen molar-refractivity contribution in [3.8, 4) is 5.75 Å². The van der Waals surface area contributed by atoms with E-state index >= 15 is 0 Å². The first kappa shape index (κ1) is 15.9. The highest BCUT2D eigenvalue weighted by atomic mass is 19.1. The summed E-state index contributed by atoms with van der Waals surface area (Å²) < 4.78 is 18.9. The third kappa shape index (κ3) is 6.03. The summed E-state index contributed by atoms with van der Waals surface area (Å²) in [5.41, 5.74) is 0.811. The maximum atomic E-state index is 13.3. The number of hydrogen-bond acceptors (Lipinski definition) is 3. The molecule has 108 valence electrons. The average molecular weight is 269 g/mol. The van der Waals surface area contributed by atoms with Crippen LogP contribution in [0.5, 0.6) is 5.75 Å². The monoisotopic (exact) mass is 269 g/mol. The number of nitrogens with one attached hydrogen (secondary N) is 1. The predicted molar refractivity (Wildman–Crippen MR) is 74.7 cm³/mol. The molecule has 1 unspecified atom stereocenters. The van der Waals surface area contributed by atoms with Crippen molar-refractivity contribution in [1.82, 2.24) is 5.32 Å². The molecule has 0 aliphatic heterocycles. The van der Waals surface area contributed by atoms with E-state index in [-0.39, 0.29) is 18.3 Å². The van der Waals surface area contributed by atoms with Gasteiger partial charge in [-0.05, 0) is 30.7 Å². The van der Waals surface area contributed by atoms with Gasteiger partial charge < -0.3 is 15.2 Å². The summed E-state index contributed by atoms with van der Waals surface area (Å²) in [6.07, 6.45) is 0. The van der Waals surface area contributed by atoms with Crippen molar-refractivity contribution in [2.75, 3.05) is 19.8 Å². The molecule has 0 radical (unpaired) electrons. The van der Waals surface area contributed by atoms with Gasteiger partial charge in [-0.2, -0.15) is 0 Å². The van der Waals surface area contributed by atoms with Crippen LogP contribution in [0.3, 0.4) is 0 Å². The smallest absolute Gasteiger partial charge is 0.123 e. The molecule has 0 spiro atoms. The zero-order valence-corrected chi connectivity index (χ0v) is 11.9. The number of ether oxygens (including phenoxy) is 1. The van der Waals surface area contributed by atoms with Crippen LogP contribution in [0.4, 0.5) is 4.39 Å². The van der Waals surface area contributed by atoms with E-state index in [2.05, 4.69) is 19.2 Å². The predicted octanol–water partition coefficient (Wildman–Crippen LogP) is 2.58. The van der Waals surface area contributed by atoms with Crippen LogP contribution in [-0.4, -0.2) is 24.9 Å². The van der Waals surface area contributed by atoms with Crippen LogP contribution in [-0.2, 0) is 6.54 Å². The normalized spacial score (nSPS) is 12.7. The number of rotatable bonds is 8. The molecule has 0 aliphatic carbocycles. The second-order valence-corrected chi connectivity index (χ2v) is 5.38. The summed E-state index contributed by atoms with van der Waals surface area (Å²) in [6, 6.07) is 4.53. The molecular weight excluding hydrogens is 245 g/mol. The maximum absolute atomic E-state index is 13.3. The minimum Gasteiger partial charge on any atom is -0.493 e. The van der Waals surface area contributed by atoms with Crippen LogP contribution < -0.4 is 10.1 Å². The molecule has 0 aromatic heterocycles. The van der Waals surface area contributed by atoms with Crippen LogP contribution in [0.2, 0.25) is 0 Å². The number of hydrogen-bond donors (Lipinski definition) is 2. The second-order valence-electron chi connectivity index (χ2n) is 5.38. The van der Waals surface area contributed by atoms with E-state index in [4.69, 9.17) is 9.84 Å². The lowest BCUT2D eigenvalue weighted by Gasteiger charge is -2.15.